The third-order valence-electron chi connectivity index (χ3n) is 4.12. The van der Waals surface area contributed by atoms with Gasteiger partial charge in [-0.1, -0.05) is 30.3 Å². The van der Waals surface area contributed by atoms with Crippen molar-refractivity contribution < 1.29 is 9.13 Å². The molecule has 1 aliphatic rings. The van der Waals surface area contributed by atoms with Gasteiger partial charge in [0.2, 0.25) is 0 Å². The van der Waals surface area contributed by atoms with Crippen LogP contribution in [0, 0.1) is 5.82 Å². The molecule has 0 saturated carbocycles. The molecule has 112 valence electrons. The van der Waals surface area contributed by atoms with E-state index >= 15 is 0 Å². The third-order valence-corrected chi connectivity index (χ3v) is 4.12. The summed E-state index contributed by atoms with van der Waals surface area (Å²) in [5, 5.41) is 3.35. The first kappa shape index (κ1) is 15.8. The zero-order valence-corrected chi connectivity index (χ0v) is 12.9. The molecule has 1 N–H and O–H groups in total. The van der Waals surface area contributed by atoms with Crippen LogP contribution in [0.15, 0.2) is 42.5 Å². The highest BCUT2D eigenvalue weighted by Gasteiger charge is 2.33. The maximum atomic E-state index is 14.0. The summed E-state index contributed by atoms with van der Waals surface area (Å²) in [7, 11) is 3.46. The molecule has 0 bridgehead atoms. The SMILES string of the molecule is CN[C@@H]1Cc2cc(OC)c(F)cc2[C@H]1c1ccccc1.Cl. The van der Waals surface area contributed by atoms with E-state index in [1.54, 1.807) is 6.07 Å². The second-order valence-corrected chi connectivity index (χ2v) is 5.17. The van der Waals surface area contributed by atoms with Gasteiger partial charge in [-0.3, -0.25) is 0 Å². The Labute approximate surface area is 130 Å². The predicted octanol–water partition coefficient (Wildman–Crippen LogP) is 3.53. The Kier molecular flexibility index (Phi) is 4.86. The molecular weight excluding hydrogens is 289 g/mol. The van der Waals surface area contributed by atoms with E-state index < -0.39 is 0 Å². The minimum absolute atomic E-state index is 0. The molecule has 0 radical (unpaired) electrons. The maximum absolute atomic E-state index is 14.0. The molecule has 21 heavy (non-hydrogen) atoms. The van der Waals surface area contributed by atoms with Crippen LogP contribution in [0.5, 0.6) is 5.75 Å². The van der Waals surface area contributed by atoms with Gasteiger partial charge in [0.15, 0.2) is 11.6 Å². The van der Waals surface area contributed by atoms with Gasteiger partial charge in [-0.15, -0.1) is 12.4 Å². The first-order chi connectivity index (χ1) is 9.74. The average Bonchev–Trinajstić information content (AvgIpc) is 2.84. The number of hydrogen-bond acceptors (Lipinski definition) is 2. The maximum Gasteiger partial charge on any atom is 0.165 e. The van der Waals surface area contributed by atoms with Crippen molar-refractivity contribution in [3.8, 4) is 5.75 Å². The van der Waals surface area contributed by atoms with E-state index in [1.165, 1.54) is 12.7 Å². The van der Waals surface area contributed by atoms with Crippen molar-refractivity contribution in [2.45, 2.75) is 18.4 Å². The zero-order chi connectivity index (χ0) is 14.1. The summed E-state index contributed by atoms with van der Waals surface area (Å²) >= 11 is 0. The topological polar surface area (TPSA) is 21.3 Å². The number of fused-ring (bicyclic) bond motifs is 1. The van der Waals surface area contributed by atoms with Crippen molar-refractivity contribution in [1.82, 2.24) is 5.32 Å². The second-order valence-electron chi connectivity index (χ2n) is 5.17. The highest BCUT2D eigenvalue weighted by molar-refractivity contribution is 5.85. The van der Waals surface area contributed by atoms with Crippen molar-refractivity contribution in [3.05, 3.63) is 65.0 Å². The Bertz CT molecular complexity index is 618. The molecule has 0 amide bonds. The fourth-order valence-electron chi connectivity index (χ4n) is 3.15. The fourth-order valence-corrected chi connectivity index (χ4v) is 3.15. The van der Waals surface area contributed by atoms with Crippen LogP contribution < -0.4 is 10.1 Å². The lowest BCUT2D eigenvalue weighted by molar-refractivity contribution is 0.386. The molecule has 0 fully saturated rings. The van der Waals surface area contributed by atoms with Crippen LogP contribution in [0.2, 0.25) is 0 Å². The lowest BCUT2D eigenvalue weighted by Gasteiger charge is -2.20. The number of rotatable bonds is 3. The molecule has 2 aromatic rings. The molecule has 0 saturated heterocycles. The van der Waals surface area contributed by atoms with Gasteiger partial charge >= 0.3 is 0 Å². The van der Waals surface area contributed by atoms with Crippen molar-refractivity contribution in [2.75, 3.05) is 14.2 Å². The first-order valence-corrected chi connectivity index (χ1v) is 6.83. The molecule has 0 unspecified atom stereocenters. The largest absolute Gasteiger partial charge is 0.494 e. The van der Waals surface area contributed by atoms with Gasteiger partial charge in [0.25, 0.3) is 0 Å². The van der Waals surface area contributed by atoms with E-state index in [9.17, 15) is 4.39 Å². The smallest absolute Gasteiger partial charge is 0.165 e. The molecule has 2 nitrogen and oxygen atoms in total. The van der Waals surface area contributed by atoms with Gasteiger partial charge in [0.05, 0.1) is 7.11 Å². The van der Waals surface area contributed by atoms with E-state index in [-0.39, 0.29) is 24.1 Å². The summed E-state index contributed by atoms with van der Waals surface area (Å²) < 4.78 is 19.1. The summed E-state index contributed by atoms with van der Waals surface area (Å²) in [6.45, 7) is 0. The van der Waals surface area contributed by atoms with Crippen LogP contribution in [0.4, 0.5) is 4.39 Å². The Morgan fingerprint density at radius 2 is 1.90 bits per heavy atom. The van der Waals surface area contributed by atoms with Gasteiger partial charge in [-0.25, -0.2) is 4.39 Å². The standard InChI is InChI=1S/C17H18FNO.ClH/c1-19-15-8-12-9-16(20-2)14(18)10-13(12)17(15)11-6-4-3-5-7-11;/h3-7,9-10,15,17,19H,8H2,1-2H3;1H/t15-,17-;/m1./s1. The minimum Gasteiger partial charge on any atom is -0.494 e. The number of hydrogen-bond donors (Lipinski definition) is 1. The number of likely N-dealkylation sites (N-methyl/N-ethyl adjacent to an activating group) is 1. The van der Waals surface area contributed by atoms with E-state index in [0.29, 0.717) is 11.8 Å². The number of ether oxygens (including phenoxy) is 1. The monoisotopic (exact) mass is 307 g/mol. The molecule has 4 heteroatoms. The molecule has 0 spiro atoms. The van der Waals surface area contributed by atoms with Gasteiger partial charge in [0.1, 0.15) is 0 Å². The van der Waals surface area contributed by atoms with Crippen molar-refractivity contribution >= 4 is 12.4 Å². The summed E-state index contributed by atoms with van der Waals surface area (Å²) in [4.78, 5) is 0. The molecule has 0 aliphatic heterocycles. The molecule has 0 aromatic heterocycles. The molecule has 1 aliphatic carbocycles. The Morgan fingerprint density at radius 1 is 1.19 bits per heavy atom. The van der Waals surface area contributed by atoms with Crippen molar-refractivity contribution in [3.63, 3.8) is 0 Å². The third kappa shape index (κ3) is 2.76. The van der Waals surface area contributed by atoms with E-state index in [2.05, 4.69) is 17.4 Å². The number of nitrogens with one attached hydrogen (secondary N) is 1. The molecule has 2 atom stereocenters. The highest BCUT2D eigenvalue weighted by Crippen LogP contribution is 2.40. The van der Waals surface area contributed by atoms with Gasteiger partial charge in [-0.05, 0) is 42.3 Å². The van der Waals surface area contributed by atoms with Crippen molar-refractivity contribution in [2.24, 2.45) is 0 Å². The summed E-state index contributed by atoms with van der Waals surface area (Å²) in [5.74, 6) is 0.229. The number of methoxy groups -OCH3 is 1. The molecular formula is C17H19ClFNO. The summed E-state index contributed by atoms with van der Waals surface area (Å²) in [5.41, 5.74) is 3.44. The van der Waals surface area contributed by atoms with Gasteiger partial charge < -0.3 is 10.1 Å². The molecule has 2 aromatic carbocycles. The Hall–Kier alpha value is -1.58. The van der Waals surface area contributed by atoms with Crippen LogP contribution in [-0.2, 0) is 6.42 Å². The van der Waals surface area contributed by atoms with Crippen molar-refractivity contribution in [1.29, 1.82) is 0 Å². The Morgan fingerprint density at radius 3 is 2.52 bits per heavy atom. The van der Waals surface area contributed by atoms with E-state index in [0.717, 1.165) is 17.5 Å². The molecule has 3 rings (SSSR count). The van der Waals surface area contributed by atoms with Crippen LogP contribution in [0.1, 0.15) is 22.6 Å². The number of halogens is 2. The lowest BCUT2D eigenvalue weighted by Crippen LogP contribution is -2.29. The highest BCUT2D eigenvalue weighted by atomic mass is 35.5. The van der Waals surface area contributed by atoms with Gasteiger partial charge in [0, 0.05) is 12.0 Å². The Balaban J connectivity index is 0.00000161. The normalized spacial score (nSPS) is 19.8. The van der Waals surface area contributed by atoms with Crippen LogP contribution in [0.25, 0.3) is 0 Å². The average molecular weight is 308 g/mol. The van der Waals surface area contributed by atoms with Crippen LogP contribution >= 0.6 is 12.4 Å². The van der Waals surface area contributed by atoms with Crippen LogP contribution in [-0.4, -0.2) is 20.2 Å². The summed E-state index contributed by atoms with van der Waals surface area (Å²) in [6, 6.07) is 14.0. The molecule has 0 heterocycles. The fraction of sp³-hybridized carbons (Fsp3) is 0.294. The number of benzene rings is 2. The summed E-state index contributed by atoms with van der Waals surface area (Å²) in [6.07, 6.45) is 0.891. The van der Waals surface area contributed by atoms with E-state index in [4.69, 9.17) is 4.74 Å². The van der Waals surface area contributed by atoms with Crippen LogP contribution in [0.3, 0.4) is 0 Å². The second kappa shape index (κ2) is 6.46. The lowest BCUT2D eigenvalue weighted by atomic mass is 9.90. The van der Waals surface area contributed by atoms with E-state index in [1.807, 2.05) is 31.3 Å². The van der Waals surface area contributed by atoms with Gasteiger partial charge in [-0.2, -0.15) is 0 Å². The first-order valence-electron chi connectivity index (χ1n) is 6.83. The quantitative estimate of drug-likeness (QED) is 0.936. The predicted molar refractivity (Wildman–Crippen MR) is 85.0 cm³/mol. The minimum atomic E-state index is -0.288. The zero-order valence-electron chi connectivity index (χ0n) is 12.1.